The van der Waals surface area contributed by atoms with E-state index >= 15 is 0 Å². The zero-order valence-electron chi connectivity index (χ0n) is 16.2. The second-order valence-corrected chi connectivity index (χ2v) is 7.86. The number of ether oxygens (including phenoxy) is 2. The lowest BCUT2D eigenvalue weighted by atomic mass is 10.1. The fourth-order valence-electron chi connectivity index (χ4n) is 3.21. The van der Waals surface area contributed by atoms with Crippen LogP contribution in [0.4, 0.5) is 4.79 Å². The summed E-state index contributed by atoms with van der Waals surface area (Å²) >= 11 is 2.18. The topological polar surface area (TPSA) is 76.7 Å². The molecule has 1 aliphatic heterocycles. The maximum absolute atomic E-state index is 11.8. The Balaban J connectivity index is 1.59. The lowest BCUT2D eigenvalue weighted by Crippen LogP contribution is -2.22. The van der Waals surface area contributed by atoms with E-state index in [1.54, 1.807) is 12.1 Å². The molecule has 1 fully saturated rings. The summed E-state index contributed by atoms with van der Waals surface area (Å²) < 4.78 is 12.7. The molecular weight excluding hydrogens is 495 g/mol. The van der Waals surface area contributed by atoms with E-state index in [-0.39, 0.29) is 5.70 Å². The standard InChI is InChI=1S/C23H19IN2O4/c1-2-29-20-12-15(11-19-22(27)26-23(28)25-19)10-18(24)21(20)30-13-14-7-8-16-5-3-4-6-17(16)9-14/h3-12H,2,13H2,1H3,(H2,25,26,27,28)/b19-11+. The van der Waals surface area contributed by atoms with Gasteiger partial charge in [-0.15, -0.1) is 0 Å². The van der Waals surface area contributed by atoms with Crippen LogP contribution in [-0.4, -0.2) is 18.5 Å². The van der Waals surface area contributed by atoms with E-state index in [4.69, 9.17) is 9.47 Å². The molecule has 0 saturated carbocycles. The van der Waals surface area contributed by atoms with Gasteiger partial charge in [-0.1, -0.05) is 36.4 Å². The lowest BCUT2D eigenvalue weighted by Gasteiger charge is -2.15. The number of hydrogen-bond acceptors (Lipinski definition) is 4. The van der Waals surface area contributed by atoms with Crippen LogP contribution in [0.5, 0.6) is 11.5 Å². The highest BCUT2D eigenvalue weighted by Crippen LogP contribution is 2.35. The normalized spacial score (nSPS) is 14.7. The average molecular weight is 514 g/mol. The number of imide groups is 1. The molecule has 0 bridgehead atoms. The number of fused-ring (bicyclic) bond motifs is 1. The number of carbonyl (C=O) groups is 2. The fourth-order valence-corrected chi connectivity index (χ4v) is 3.99. The minimum Gasteiger partial charge on any atom is -0.490 e. The molecular formula is C23H19IN2O4. The minimum absolute atomic E-state index is 0.197. The number of benzene rings is 3. The van der Waals surface area contributed by atoms with Crippen molar-refractivity contribution in [1.29, 1.82) is 0 Å². The minimum atomic E-state index is -0.527. The Hall–Kier alpha value is -3.07. The van der Waals surface area contributed by atoms with E-state index in [0.29, 0.717) is 24.7 Å². The molecule has 1 heterocycles. The van der Waals surface area contributed by atoms with E-state index in [0.717, 1.165) is 20.1 Å². The zero-order valence-corrected chi connectivity index (χ0v) is 18.4. The fraction of sp³-hybridized carbons (Fsp3) is 0.130. The van der Waals surface area contributed by atoms with Gasteiger partial charge in [-0.05, 0) is 75.7 Å². The number of hydrogen-bond donors (Lipinski definition) is 2. The average Bonchev–Trinajstić information content (AvgIpc) is 3.04. The number of halogens is 1. The summed E-state index contributed by atoms with van der Waals surface area (Å²) in [7, 11) is 0. The van der Waals surface area contributed by atoms with Crippen LogP contribution < -0.4 is 20.1 Å². The summed E-state index contributed by atoms with van der Waals surface area (Å²) in [6, 6.07) is 17.6. The van der Waals surface area contributed by atoms with E-state index in [9.17, 15) is 9.59 Å². The van der Waals surface area contributed by atoms with Crippen molar-refractivity contribution in [1.82, 2.24) is 10.6 Å². The largest absolute Gasteiger partial charge is 0.490 e. The van der Waals surface area contributed by atoms with Crippen LogP contribution in [-0.2, 0) is 11.4 Å². The molecule has 3 aromatic rings. The third-order valence-electron chi connectivity index (χ3n) is 4.56. The molecule has 2 N–H and O–H groups in total. The summed E-state index contributed by atoms with van der Waals surface area (Å²) in [6.07, 6.45) is 1.61. The number of nitrogens with one attached hydrogen (secondary N) is 2. The molecule has 0 spiro atoms. The smallest absolute Gasteiger partial charge is 0.326 e. The van der Waals surface area contributed by atoms with Gasteiger partial charge >= 0.3 is 6.03 Å². The predicted molar refractivity (Wildman–Crippen MR) is 123 cm³/mol. The molecule has 30 heavy (non-hydrogen) atoms. The molecule has 1 aliphatic rings. The van der Waals surface area contributed by atoms with Crippen LogP contribution in [0.1, 0.15) is 18.1 Å². The first kappa shape index (κ1) is 20.2. The van der Waals surface area contributed by atoms with Gasteiger partial charge in [0.05, 0.1) is 10.2 Å². The Morgan fingerprint density at radius 1 is 0.967 bits per heavy atom. The summed E-state index contributed by atoms with van der Waals surface area (Å²) in [5.74, 6) is 0.777. The van der Waals surface area contributed by atoms with E-state index in [1.165, 1.54) is 5.39 Å². The van der Waals surface area contributed by atoms with Crippen molar-refractivity contribution < 1.29 is 19.1 Å². The highest BCUT2D eigenvalue weighted by Gasteiger charge is 2.23. The van der Waals surface area contributed by atoms with E-state index in [1.807, 2.05) is 25.1 Å². The van der Waals surface area contributed by atoms with Gasteiger partial charge in [0.15, 0.2) is 11.5 Å². The number of carbonyl (C=O) groups excluding carboxylic acids is 2. The SMILES string of the molecule is CCOc1cc(/C=C2/NC(=O)NC2=O)cc(I)c1OCc1ccc2ccccc2c1. The highest BCUT2D eigenvalue weighted by molar-refractivity contribution is 14.1. The van der Waals surface area contributed by atoms with E-state index < -0.39 is 11.9 Å². The van der Waals surface area contributed by atoms with Crippen LogP contribution in [0.3, 0.4) is 0 Å². The van der Waals surface area contributed by atoms with Gasteiger partial charge < -0.3 is 14.8 Å². The molecule has 0 atom stereocenters. The molecule has 0 radical (unpaired) electrons. The predicted octanol–water partition coefficient (Wildman–Crippen LogP) is 4.60. The van der Waals surface area contributed by atoms with Crippen LogP contribution in [0, 0.1) is 3.57 Å². The van der Waals surface area contributed by atoms with Crippen molar-refractivity contribution in [2.45, 2.75) is 13.5 Å². The molecule has 0 aliphatic carbocycles. The van der Waals surface area contributed by atoms with E-state index in [2.05, 4.69) is 63.6 Å². The summed E-state index contributed by atoms with van der Waals surface area (Å²) in [4.78, 5) is 23.1. The molecule has 152 valence electrons. The number of rotatable bonds is 6. The molecule has 6 nitrogen and oxygen atoms in total. The maximum atomic E-state index is 11.8. The Kier molecular flexibility index (Phi) is 5.89. The monoisotopic (exact) mass is 514 g/mol. The van der Waals surface area contributed by atoms with Crippen molar-refractivity contribution in [3.63, 3.8) is 0 Å². The van der Waals surface area contributed by atoms with Gasteiger partial charge in [-0.3, -0.25) is 10.1 Å². The molecule has 3 amide bonds. The lowest BCUT2D eigenvalue weighted by molar-refractivity contribution is -0.115. The van der Waals surface area contributed by atoms with Gasteiger partial charge in [0.1, 0.15) is 12.3 Å². The van der Waals surface area contributed by atoms with Crippen molar-refractivity contribution in [2.75, 3.05) is 6.61 Å². The first-order chi connectivity index (χ1) is 14.5. The van der Waals surface area contributed by atoms with Gasteiger partial charge in [-0.2, -0.15) is 0 Å². The third kappa shape index (κ3) is 4.40. The van der Waals surface area contributed by atoms with Crippen LogP contribution >= 0.6 is 22.6 Å². The Bertz CT molecular complexity index is 1170. The number of urea groups is 1. The highest BCUT2D eigenvalue weighted by atomic mass is 127. The first-order valence-electron chi connectivity index (χ1n) is 9.44. The van der Waals surface area contributed by atoms with Gasteiger partial charge in [0.2, 0.25) is 0 Å². The summed E-state index contributed by atoms with van der Waals surface area (Å²) in [5.41, 5.74) is 1.99. The molecule has 7 heteroatoms. The second kappa shape index (κ2) is 8.74. The quantitative estimate of drug-likeness (QED) is 0.287. The number of amides is 3. The molecule has 0 unspecified atom stereocenters. The molecule has 3 aromatic carbocycles. The van der Waals surface area contributed by atoms with Crippen molar-refractivity contribution >= 4 is 51.4 Å². The Labute approximate surface area is 187 Å². The van der Waals surface area contributed by atoms with Crippen LogP contribution in [0.15, 0.2) is 60.3 Å². The van der Waals surface area contributed by atoms with Gasteiger partial charge in [-0.25, -0.2) is 4.79 Å². The zero-order chi connectivity index (χ0) is 21.1. The maximum Gasteiger partial charge on any atom is 0.326 e. The molecule has 1 saturated heterocycles. The second-order valence-electron chi connectivity index (χ2n) is 6.70. The first-order valence-corrected chi connectivity index (χ1v) is 10.5. The van der Waals surface area contributed by atoms with Crippen LogP contribution in [0.25, 0.3) is 16.8 Å². The van der Waals surface area contributed by atoms with Crippen molar-refractivity contribution in [2.24, 2.45) is 0 Å². The molecule has 0 aromatic heterocycles. The Morgan fingerprint density at radius 3 is 2.50 bits per heavy atom. The molecule has 4 rings (SSSR count). The van der Waals surface area contributed by atoms with Crippen molar-refractivity contribution in [3.05, 3.63) is 75.0 Å². The summed E-state index contributed by atoms with van der Waals surface area (Å²) in [5, 5.41) is 7.03. The van der Waals surface area contributed by atoms with Crippen molar-refractivity contribution in [3.8, 4) is 11.5 Å². The Morgan fingerprint density at radius 2 is 1.77 bits per heavy atom. The van der Waals surface area contributed by atoms with Gasteiger partial charge in [0.25, 0.3) is 5.91 Å². The summed E-state index contributed by atoms with van der Waals surface area (Å²) in [6.45, 7) is 2.77. The third-order valence-corrected chi connectivity index (χ3v) is 5.36. The van der Waals surface area contributed by atoms with Gasteiger partial charge in [0, 0.05) is 0 Å². The van der Waals surface area contributed by atoms with Crippen LogP contribution in [0.2, 0.25) is 0 Å².